The Balaban J connectivity index is 2.12. The van der Waals surface area contributed by atoms with Gasteiger partial charge in [-0.2, -0.15) is 0 Å². The van der Waals surface area contributed by atoms with Crippen LogP contribution in [0.3, 0.4) is 0 Å². The van der Waals surface area contributed by atoms with E-state index < -0.39 is 18.1 Å². The molecule has 1 heterocycles. The topological polar surface area (TPSA) is 55.1 Å². The molecule has 1 aliphatic rings. The largest absolute Gasteiger partial charge is 0.324 e. The molecular weight excluding hydrogens is 255 g/mol. The molecule has 0 saturated carbocycles. The van der Waals surface area contributed by atoms with Gasteiger partial charge >= 0.3 is 0 Å². The number of halogens is 1. The summed E-state index contributed by atoms with van der Waals surface area (Å²) >= 11 is 0. The smallest absolute Gasteiger partial charge is 0.242 e. The summed E-state index contributed by atoms with van der Waals surface area (Å²) in [5, 5.41) is 2.70. The Morgan fingerprint density at radius 1 is 1.00 bits per heavy atom. The summed E-state index contributed by atoms with van der Waals surface area (Å²) in [6.45, 7) is 0. The molecule has 4 heteroatoms. The molecule has 0 aliphatic carbocycles. The first-order valence-corrected chi connectivity index (χ1v) is 6.53. The Morgan fingerprint density at radius 3 is 2.40 bits per heavy atom. The monoisotopic (exact) mass is 270 g/mol. The van der Waals surface area contributed by atoms with E-state index in [0.29, 0.717) is 11.3 Å². The van der Waals surface area contributed by atoms with Gasteiger partial charge in [0.25, 0.3) is 0 Å². The minimum absolute atomic E-state index is 0.355. The number of alkyl halides is 1. The molecule has 0 fully saturated rings. The van der Waals surface area contributed by atoms with Crippen molar-refractivity contribution in [2.45, 2.75) is 18.1 Å². The lowest BCUT2D eigenvalue weighted by Gasteiger charge is -2.23. The first kappa shape index (κ1) is 12.8. The third-order valence-corrected chi connectivity index (χ3v) is 3.71. The third kappa shape index (κ3) is 2.08. The molecule has 102 valence electrons. The van der Waals surface area contributed by atoms with Crippen molar-refractivity contribution < 1.29 is 9.18 Å². The highest BCUT2D eigenvalue weighted by molar-refractivity contribution is 5.97. The van der Waals surface area contributed by atoms with Gasteiger partial charge < -0.3 is 11.1 Å². The fourth-order valence-electron chi connectivity index (χ4n) is 2.66. The van der Waals surface area contributed by atoms with Gasteiger partial charge in [0.15, 0.2) is 0 Å². The first-order chi connectivity index (χ1) is 9.68. The zero-order valence-electron chi connectivity index (χ0n) is 10.8. The molecule has 20 heavy (non-hydrogen) atoms. The predicted molar refractivity (Wildman–Crippen MR) is 76.1 cm³/mol. The number of hydrogen-bond donors (Lipinski definition) is 2. The van der Waals surface area contributed by atoms with Crippen LogP contribution in [0.5, 0.6) is 0 Å². The van der Waals surface area contributed by atoms with Crippen molar-refractivity contribution in [3.05, 3.63) is 65.7 Å². The van der Waals surface area contributed by atoms with Gasteiger partial charge in [0.1, 0.15) is 6.17 Å². The Morgan fingerprint density at radius 2 is 1.65 bits per heavy atom. The normalized spacial score (nSPS) is 25.5. The van der Waals surface area contributed by atoms with E-state index in [2.05, 4.69) is 5.32 Å². The Hall–Kier alpha value is -2.20. The number of fused-ring (bicyclic) bond motifs is 1. The summed E-state index contributed by atoms with van der Waals surface area (Å²) < 4.78 is 14.9. The standard InChI is InChI=1S/C16H15FN2O/c17-14-11-8-4-5-9-12(11)19-16(20)15(18)13(14)10-6-2-1-3-7-10/h1-9,13-15H,18H2,(H,19,20). The molecule has 1 amide bonds. The maximum absolute atomic E-state index is 14.9. The molecule has 1 aliphatic heterocycles. The van der Waals surface area contributed by atoms with E-state index in [4.69, 9.17) is 5.73 Å². The average Bonchev–Trinajstić information content (AvgIpc) is 2.57. The van der Waals surface area contributed by atoms with E-state index in [1.54, 1.807) is 36.4 Å². The summed E-state index contributed by atoms with van der Waals surface area (Å²) in [5.74, 6) is -1.04. The van der Waals surface area contributed by atoms with Gasteiger partial charge in [-0.25, -0.2) is 4.39 Å². The van der Waals surface area contributed by atoms with Crippen LogP contribution in [-0.4, -0.2) is 11.9 Å². The number of rotatable bonds is 1. The second-order valence-corrected chi connectivity index (χ2v) is 4.94. The van der Waals surface area contributed by atoms with Gasteiger partial charge in [0.2, 0.25) is 5.91 Å². The Kier molecular flexibility index (Phi) is 3.24. The molecule has 2 aromatic carbocycles. The highest BCUT2D eigenvalue weighted by Crippen LogP contribution is 2.41. The van der Waals surface area contributed by atoms with Crippen molar-refractivity contribution >= 4 is 11.6 Å². The van der Waals surface area contributed by atoms with Gasteiger partial charge in [0.05, 0.1) is 6.04 Å². The van der Waals surface area contributed by atoms with E-state index in [-0.39, 0.29) is 5.91 Å². The molecule has 0 radical (unpaired) electrons. The third-order valence-electron chi connectivity index (χ3n) is 3.71. The molecule has 2 aromatic rings. The van der Waals surface area contributed by atoms with Crippen LogP contribution < -0.4 is 11.1 Å². The molecule has 0 spiro atoms. The fraction of sp³-hybridized carbons (Fsp3) is 0.188. The lowest BCUT2D eigenvalue weighted by Crippen LogP contribution is -2.40. The lowest BCUT2D eigenvalue weighted by atomic mass is 9.85. The van der Waals surface area contributed by atoms with Crippen LogP contribution >= 0.6 is 0 Å². The van der Waals surface area contributed by atoms with Crippen molar-refractivity contribution in [1.29, 1.82) is 0 Å². The van der Waals surface area contributed by atoms with Crippen molar-refractivity contribution in [2.75, 3.05) is 5.32 Å². The van der Waals surface area contributed by atoms with E-state index in [0.717, 1.165) is 5.56 Å². The van der Waals surface area contributed by atoms with Gasteiger partial charge in [-0.15, -0.1) is 0 Å². The summed E-state index contributed by atoms with van der Waals surface area (Å²) in [6.07, 6.45) is -1.32. The maximum Gasteiger partial charge on any atom is 0.242 e. The number of carbonyl (C=O) groups excluding carboxylic acids is 1. The van der Waals surface area contributed by atoms with Crippen molar-refractivity contribution in [3.63, 3.8) is 0 Å². The van der Waals surface area contributed by atoms with Crippen LogP contribution in [0.2, 0.25) is 0 Å². The number of nitrogens with two attached hydrogens (primary N) is 1. The zero-order chi connectivity index (χ0) is 14.1. The number of carbonyl (C=O) groups is 1. The Labute approximate surface area is 116 Å². The molecule has 3 unspecified atom stereocenters. The zero-order valence-corrected chi connectivity index (χ0v) is 10.8. The van der Waals surface area contributed by atoms with Crippen LogP contribution in [-0.2, 0) is 4.79 Å². The number of para-hydroxylation sites is 1. The average molecular weight is 270 g/mol. The fourth-order valence-corrected chi connectivity index (χ4v) is 2.66. The summed E-state index contributed by atoms with van der Waals surface area (Å²) in [5.41, 5.74) is 7.68. The van der Waals surface area contributed by atoms with Crippen LogP contribution in [0.25, 0.3) is 0 Å². The molecule has 0 bridgehead atoms. The number of amides is 1. The lowest BCUT2D eigenvalue weighted by molar-refractivity contribution is -0.118. The molecule has 3 atom stereocenters. The van der Waals surface area contributed by atoms with Gasteiger partial charge in [-0.05, 0) is 11.6 Å². The molecule has 3 N–H and O–H groups in total. The predicted octanol–water partition coefficient (Wildman–Crippen LogP) is 2.76. The number of anilines is 1. The van der Waals surface area contributed by atoms with E-state index >= 15 is 0 Å². The van der Waals surface area contributed by atoms with Gasteiger partial charge in [-0.1, -0.05) is 48.5 Å². The highest BCUT2D eigenvalue weighted by Gasteiger charge is 2.38. The minimum atomic E-state index is -1.32. The molecular formula is C16H15FN2O. The SMILES string of the molecule is NC1C(=O)Nc2ccccc2C(F)C1c1ccccc1. The summed E-state index contributed by atoms with van der Waals surface area (Å²) in [6, 6.07) is 15.1. The molecule has 0 aromatic heterocycles. The molecule has 3 rings (SSSR count). The van der Waals surface area contributed by atoms with Crippen LogP contribution in [0.4, 0.5) is 10.1 Å². The number of benzene rings is 2. The minimum Gasteiger partial charge on any atom is -0.324 e. The Bertz CT molecular complexity index is 629. The summed E-state index contributed by atoms with van der Waals surface area (Å²) in [7, 11) is 0. The van der Waals surface area contributed by atoms with Crippen LogP contribution in [0, 0.1) is 0 Å². The molecule has 0 saturated heterocycles. The van der Waals surface area contributed by atoms with E-state index in [1.807, 2.05) is 18.2 Å². The van der Waals surface area contributed by atoms with E-state index in [1.165, 1.54) is 0 Å². The highest BCUT2D eigenvalue weighted by atomic mass is 19.1. The summed E-state index contributed by atoms with van der Waals surface area (Å²) in [4.78, 5) is 12.1. The second-order valence-electron chi connectivity index (χ2n) is 4.94. The van der Waals surface area contributed by atoms with Crippen molar-refractivity contribution in [2.24, 2.45) is 5.73 Å². The number of nitrogens with one attached hydrogen (secondary N) is 1. The molecule has 3 nitrogen and oxygen atoms in total. The second kappa shape index (κ2) is 5.06. The van der Waals surface area contributed by atoms with Crippen molar-refractivity contribution in [1.82, 2.24) is 0 Å². The quantitative estimate of drug-likeness (QED) is 0.837. The first-order valence-electron chi connectivity index (χ1n) is 6.53. The van der Waals surface area contributed by atoms with E-state index in [9.17, 15) is 9.18 Å². The number of hydrogen-bond acceptors (Lipinski definition) is 2. The van der Waals surface area contributed by atoms with Crippen LogP contribution in [0.15, 0.2) is 54.6 Å². The van der Waals surface area contributed by atoms with Gasteiger partial charge in [0, 0.05) is 17.2 Å². The van der Waals surface area contributed by atoms with Crippen molar-refractivity contribution in [3.8, 4) is 0 Å². The maximum atomic E-state index is 14.9. The van der Waals surface area contributed by atoms with Crippen LogP contribution in [0.1, 0.15) is 23.2 Å². The van der Waals surface area contributed by atoms with Gasteiger partial charge in [-0.3, -0.25) is 4.79 Å².